The van der Waals surface area contributed by atoms with Crippen molar-refractivity contribution in [3.63, 3.8) is 0 Å². The van der Waals surface area contributed by atoms with E-state index in [2.05, 4.69) is 27.5 Å². The second-order valence-corrected chi connectivity index (χ2v) is 5.77. The lowest BCUT2D eigenvalue weighted by Gasteiger charge is -2.11. The molecule has 0 fully saturated rings. The van der Waals surface area contributed by atoms with Gasteiger partial charge >= 0.3 is 0 Å². The van der Waals surface area contributed by atoms with E-state index in [0.29, 0.717) is 21.7 Å². The summed E-state index contributed by atoms with van der Waals surface area (Å²) in [5, 5.41) is 9.49. The Kier molecular flexibility index (Phi) is 5.88. The fourth-order valence-corrected chi connectivity index (χ4v) is 2.71. The molecule has 0 aliphatic rings. The first-order valence-corrected chi connectivity index (χ1v) is 8.11. The molecule has 0 spiro atoms. The molecule has 2 heterocycles. The van der Waals surface area contributed by atoms with Crippen LogP contribution in [0.3, 0.4) is 0 Å². The van der Waals surface area contributed by atoms with Crippen LogP contribution < -0.4 is 10.6 Å². The van der Waals surface area contributed by atoms with Gasteiger partial charge < -0.3 is 10.6 Å². The van der Waals surface area contributed by atoms with Crippen molar-refractivity contribution >= 4 is 46.2 Å². The van der Waals surface area contributed by atoms with Crippen molar-refractivity contribution in [2.45, 2.75) is 19.8 Å². The van der Waals surface area contributed by atoms with Crippen LogP contribution in [-0.4, -0.2) is 23.1 Å². The number of anilines is 2. The molecular weight excluding hydrogens is 315 g/mol. The van der Waals surface area contributed by atoms with Gasteiger partial charge in [-0.2, -0.15) is 0 Å². The zero-order chi connectivity index (χ0) is 14.4. The second kappa shape index (κ2) is 7.67. The van der Waals surface area contributed by atoms with Crippen molar-refractivity contribution in [2.24, 2.45) is 0 Å². The Bertz CT molecular complexity index is 546. The molecule has 2 aromatic heterocycles. The molecule has 0 amide bonds. The van der Waals surface area contributed by atoms with Crippen molar-refractivity contribution in [2.75, 3.05) is 23.7 Å². The van der Waals surface area contributed by atoms with Crippen LogP contribution in [0.1, 0.15) is 19.0 Å². The molecule has 2 rings (SSSR count). The number of aromatic nitrogens is 2. The number of rotatable bonds is 7. The van der Waals surface area contributed by atoms with Crippen molar-refractivity contribution in [3.05, 3.63) is 32.7 Å². The lowest BCUT2D eigenvalue weighted by atomic mass is 10.3. The standard InChI is InChI=1S/C13H16Cl2N4S/c1-2-4-16-12-10(14)6-11(15)13(19-12)17-5-3-9-7-20-8-18-9/h6-8H,2-5H2,1H3,(H2,16,17,19). The van der Waals surface area contributed by atoms with Crippen LogP contribution in [0.2, 0.25) is 10.0 Å². The van der Waals surface area contributed by atoms with Gasteiger partial charge in [-0.15, -0.1) is 11.3 Å². The molecule has 20 heavy (non-hydrogen) atoms. The Morgan fingerprint density at radius 1 is 1.15 bits per heavy atom. The zero-order valence-corrected chi connectivity index (χ0v) is 13.4. The molecule has 2 N–H and O–H groups in total. The number of halogens is 2. The van der Waals surface area contributed by atoms with Crippen molar-refractivity contribution in [3.8, 4) is 0 Å². The third-order valence-electron chi connectivity index (χ3n) is 2.63. The van der Waals surface area contributed by atoms with E-state index >= 15 is 0 Å². The van der Waals surface area contributed by atoms with Crippen LogP contribution in [-0.2, 0) is 6.42 Å². The average Bonchev–Trinajstić information content (AvgIpc) is 2.93. The van der Waals surface area contributed by atoms with Gasteiger partial charge in [-0.3, -0.25) is 0 Å². The number of pyridine rings is 1. The predicted octanol–water partition coefficient (Wildman–Crippen LogP) is 4.32. The number of thiazole rings is 1. The highest BCUT2D eigenvalue weighted by atomic mass is 35.5. The van der Waals surface area contributed by atoms with Gasteiger partial charge in [0, 0.05) is 24.9 Å². The number of nitrogens with zero attached hydrogens (tertiary/aromatic N) is 2. The van der Waals surface area contributed by atoms with Crippen LogP contribution in [0.15, 0.2) is 17.0 Å². The zero-order valence-electron chi connectivity index (χ0n) is 11.1. The third-order valence-corrected chi connectivity index (χ3v) is 3.84. The quantitative estimate of drug-likeness (QED) is 0.793. The van der Waals surface area contributed by atoms with Gasteiger partial charge in [0.2, 0.25) is 0 Å². The number of hydrogen-bond acceptors (Lipinski definition) is 5. The molecule has 2 aromatic rings. The van der Waals surface area contributed by atoms with Crippen LogP contribution >= 0.6 is 34.5 Å². The molecule has 0 aliphatic carbocycles. The monoisotopic (exact) mass is 330 g/mol. The Balaban J connectivity index is 1.99. The topological polar surface area (TPSA) is 49.8 Å². The number of hydrogen-bond donors (Lipinski definition) is 2. The van der Waals surface area contributed by atoms with Crippen molar-refractivity contribution in [1.82, 2.24) is 9.97 Å². The molecule has 0 aliphatic heterocycles. The fraction of sp³-hybridized carbons (Fsp3) is 0.385. The van der Waals surface area contributed by atoms with E-state index in [-0.39, 0.29) is 0 Å². The highest BCUT2D eigenvalue weighted by Crippen LogP contribution is 2.29. The minimum absolute atomic E-state index is 0.523. The van der Waals surface area contributed by atoms with Gasteiger partial charge in [-0.1, -0.05) is 30.1 Å². The largest absolute Gasteiger partial charge is 0.369 e. The molecule has 7 heteroatoms. The first kappa shape index (κ1) is 15.4. The fourth-order valence-electron chi connectivity index (χ4n) is 1.63. The van der Waals surface area contributed by atoms with Gasteiger partial charge in [-0.05, 0) is 12.5 Å². The first-order valence-electron chi connectivity index (χ1n) is 6.41. The van der Waals surface area contributed by atoms with E-state index in [4.69, 9.17) is 23.2 Å². The maximum absolute atomic E-state index is 6.15. The molecular formula is C13H16Cl2N4S. The Hall–Kier alpha value is -1.04. The number of nitrogens with one attached hydrogen (secondary N) is 2. The predicted molar refractivity (Wildman–Crippen MR) is 87.3 cm³/mol. The normalized spacial score (nSPS) is 10.6. The summed E-state index contributed by atoms with van der Waals surface area (Å²) in [4.78, 5) is 8.66. The van der Waals surface area contributed by atoms with Crippen LogP contribution in [0.25, 0.3) is 0 Å². The Labute approximate surface area is 132 Å². The van der Waals surface area contributed by atoms with Gasteiger partial charge in [0.1, 0.15) is 11.6 Å². The summed E-state index contributed by atoms with van der Waals surface area (Å²) in [6, 6.07) is 1.71. The van der Waals surface area contributed by atoms with Crippen molar-refractivity contribution in [1.29, 1.82) is 0 Å². The van der Waals surface area contributed by atoms with Crippen LogP contribution in [0, 0.1) is 0 Å². The molecule has 4 nitrogen and oxygen atoms in total. The third kappa shape index (κ3) is 4.23. The van der Waals surface area contributed by atoms with E-state index in [9.17, 15) is 0 Å². The Morgan fingerprint density at radius 3 is 2.45 bits per heavy atom. The summed E-state index contributed by atoms with van der Waals surface area (Å²) in [6.07, 6.45) is 1.84. The van der Waals surface area contributed by atoms with E-state index in [1.165, 1.54) is 0 Å². The minimum Gasteiger partial charge on any atom is -0.369 e. The lowest BCUT2D eigenvalue weighted by molar-refractivity contribution is 0.956. The maximum atomic E-state index is 6.15. The molecule has 0 radical (unpaired) electrons. The van der Waals surface area contributed by atoms with Crippen molar-refractivity contribution < 1.29 is 0 Å². The van der Waals surface area contributed by atoms with Gasteiger partial charge in [0.05, 0.1) is 21.2 Å². The SMILES string of the molecule is CCCNc1nc(NCCc2cscn2)c(Cl)cc1Cl. The van der Waals surface area contributed by atoms with E-state index in [1.807, 2.05) is 10.9 Å². The first-order chi connectivity index (χ1) is 9.70. The van der Waals surface area contributed by atoms with E-state index in [0.717, 1.165) is 31.6 Å². The minimum atomic E-state index is 0.523. The molecule has 0 saturated heterocycles. The highest BCUT2D eigenvalue weighted by Gasteiger charge is 2.08. The van der Waals surface area contributed by atoms with Crippen LogP contribution in [0.4, 0.5) is 11.6 Å². The lowest BCUT2D eigenvalue weighted by Crippen LogP contribution is -2.09. The average molecular weight is 331 g/mol. The second-order valence-electron chi connectivity index (χ2n) is 4.23. The highest BCUT2D eigenvalue weighted by molar-refractivity contribution is 7.07. The molecule has 0 bridgehead atoms. The summed E-state index contributed by atoms with van der Waals surface area (Å²) in [5.74, 6) is 1.30. The van der Waals surface area contributed by atoms with Gasteiger partial charge in [0.25, 0.3) is 0 Å². The van der Waals surface area contributed by atoms with E-state index in [1.54, 1.807) is 17.4 Å². The molecule has 108 valence electrons. The van der Waals surface area contributed by atoms with Crippen LogP contribution in [0.5, 0.6) is 0 Å². The smallest absolute Gasteiger partial charge is 0.147 e. The molecule has 0 saturated carbocycles. The maximum Gasteiger partial charge on any atom is 0.147 e. The summed E-state index contributed by atoms with van der Waals surface area (Å²) in [5.41, 5.74) is 2.90. The Morgan fingerprint density at radius 2 is 1.85 bits per heavy atom. The summed E-state index contributed by atoms with van der Waals surface area (Å²) in [6.45, 7) is 3.64. The summed E-state index contributed by atoms with van der Waals surface area (Å²) >= 11 is 13.8. The van der Waals surface area contributed by atoms with E-state index < -0.39 is 0 Å². The van der Waals surface area contributed by atoms with Gasteiger partial charge in [-0.25, -0.2) is 9.97 Å². The summed E-state index contributed by atoms with van der Waals surface area (Å²) in [7, 11) is 0. The summed E-state index contributed by atoms with van der Waals surface area (Å²) < 4.78 is 0. The molecule has 0 unspecified atom stereocenters. The molecule has 0 aromatic carbocycles. The molecule has 0 atom stereocenters. The van der Waals surface area contributed by atoms with Gasteiger partial charge in [0.15, 0.2) is 0 Å².